The predicted molar refractivity (Wildman–Crippen MR) is 75.6 cm³/mol. The molecule has 102 valence electrons. The Hall–Kier alpha value is -1.24. The topological polar surface area (TPSA) is 74.2 Å². The summed E-state index contributed by atoms with van der Waals surface area (Å²) >= 11 is 3.43. The van der Waals surface area contributed by atoms with Gasteiger partial charge in [0, 0.05) is 17.1 Å². The molecular weight excluding hydrogens is 310 g/mol. The fraction of sp³-hybridized carbons (Fsp3) is 0.385. The third kappa shape index (κ3) is 3.02. The molecule has 0 spiro atoms. The van der Waals surface area contributed by atoms with Gasteiger partial charge in [0.1, 0.15) is 5.54 Å². The molecule has 0 radical (unpaired) electrons. The average molecular weight is 326 g/mol. The van der Waals surface area contributed by atoms with Crippen molar-refractivity contribution in [2.45, 2.75) is 19.4 Å². The highest BCUT2D eigenvalue weighted by atomic mass is 79.9. The summed E-state index contributed by atoms with van der Waals surface area (Å²) in [6, 6.07) is 5.89. The van der Waals surface area contributed by atoms with E-state index in [1.807, 2.05) is 25.1 Å². The minimum Gasteiger partial charge on any atom is -0.382 e. The highest BCUT2D eigenvalue weighted by Crippen LogP contribution is 2.27. The molecule has 0 amide bonds. The summed E-state index contributed by atoms with van der Waals surface area (Å²) < 4.78 is 11.3. The third-order valence-electron chi connectivity index (χ3n) is 2.81. The van der Waals surface area contributed by atoms with Crippen molar-refractivity contribution in [2.24, 2.45) is 5.73 Å². The van der Waals surface area contributed by atoms with Crippen LogP contribution in [0.1, 0.15) is 18.3 Å². The molecule has 0 fully saturated rings. The van der Waals surface area contributed by atoms with Crippen molar-refractivity contribution in [3.8, 4) is 11.5 Å². The molecule has 2 aromatic rings. The number of rotatable bonds is 4. The van der Waals surface area contributed by atoms with Crippen LogP contribution in [0, 0.1) is 6.92 Å². The zero-order chi connectivity index (χ0) is 14.0. The second-order valence-electron chi connectivity index (χ2n) is 4.73. The molecule has 2 rings (SSSR count). The van der Waals surface area contributed by atoms with Crippen LogP contribution in [0.2, 0.25) is 0 Å². The van der Waals surface area contributed by atoms with Gasteiger partial charge in [0.15, 0.2) is 5.82 Å². The molecule has 19 heavy (non-hydrogen) atoms. The summed E-state index contributed by atoms with van der Waals surface area (Å²) in [6.45, 7) is 4.12. The van der Waals surface area contributed by atoms with Crippen LogP contribution >= 0.6 is 15.9 Å². The number of nitrogens with zero attached hydrogens (tertiary/aromatic N) is 2. The highest BCUT2D eigenvalue weighted by Gasteiger charge is 2.28. The SMILES string of the molecule is COCC(C)(N)c1noc(-c2cc(Br)ccc2C)n1. The number of hydrogen-bond acceptors (Lipinski definition) is 5. The van der Waals surface area contributed by atoms with Gasteiger partial charge in [-0.1, -0.05) is 27.2 Å². The quantitative estimate of drug-likeness (QED) is 0.935. The number of halogens is 1. The molecule has 0 saturated carbocycles. The Labute approximate surface area is 120 Å². The van der Waals surface area contributed by atoms with E-state index in [4.69, 9.17) is 15.0 Å². The standard InChI is InChI=1S/C13H16BrN3O2/c1-8-4-5-9(14)6-10(8)11-16-12(17-19-11)13(2,15)7-18-3/h4-6H,7,15H2,1-3H3. The lowest BCUT2D eigenvalue weighted by molar-refractivity contribution is 0.135. The van der Waals surface area contributed by atoms with E-state index in [1.165, 1.54) is 0 Å². The first kappa shape index (κ1) is 14.2. The second-order valence-corrected chi connectivity index (χ2v) is 5.65. The van der Waals surface area contributed by atoms with E-state index >= 15 is 0 Å². The van der Waals surface area contributed by atoms with Crippen molar-refractivity contribution >= 4 is 15.9 Å². The van der Waals surface area contributed by atoms with Gasteiger partial charge in [-0.2, -0.15) is 4.98 Å². The zero-order valence-electron chi connectivity index (χ0n) is 11.1. The van der Waals surface area contributed by atoms with Crippen LogP contribution in [0.4, 0.5) is 0 Å². The fourth-order valence-corrected chi connectivity index (χ4v) is 2.11. The fourth-order valence-electron chi connectivity index (χ4n) is 1.75. The van der Waals surface area contributed by atoms with Crippen molar-refractivity contribution in [1.29, 1.82) is 0 Å². The zero-order valence-corrected chi connectivity index (χ0v) is 12.7. The Kier molecular flexibility index (Phi) is 4.03. The van der Waals surface area contributed by atoms with Gasteiger partial charge in [0.2, 0.25) is 0 Å². The average Bonchev–Trinajstić information content (AvgIpc) is 2.82. The Morgan fingerprint density at radius 3 is 2.89 bits per heavy atom. The number of nitrogens with two attached hydrogens (primary N) is 1. The van der Waals surface area contributed by atoms with Gasteiger partial charge >= 0.3 is 0 Å². The Morgan fingerprint density at radius 1 is 1.47 bits per heavy atom. The summed E-state index contributed by atoms with van der Waals surface area (Å²) in [5.74, 6) is 0.894. The molecule has 1 heterocycles. The molecule has 2 N–H and O–H groups in total. The number of ether oxygens (including phenoxy) is 1. The van der Waals surface area contributed by atoms with Gasteiger partial charge in [-0.05, 0) is 31.5 Å². The van der Waals surface area contributed by atoms with Crippen molar-refractivity contribution in [1.82, 2.24) is 10.1 Å². The van der Waals surface area contributed by atoms with Crippen LogP contribution in [-0.4, -0.2) is 23.9 Å². The van der Waals surface area contributed by atoms with Crippen LogP contribution in [-0.2, 0) is 10.3 Å². The van der Waals surface area contributed by atoms with Crippen molar-refractivity contribution < 1.29 is 9.26 Å². The second kappa shape index (κ2) is 5.40. The summed E-state index contributed by atoms with van der Waals surface area (Å²) in [5.41, 5.74) is 7.27. The largest absolute Gasteiger partial charge is 0.382 e. The lowest BCUT2D eigenvalue weighted by Gasteiger charge is -2.18. The van der Waals surface area contributed by atoms with Gasteiger partial charge in [-0.25, -0.2) is 0 Å². The Morgan fingerprint density at radius 2 is 2.21 bits per heavy atom. The molecule has 0 aliphatic heterocycles. The van der Waals surface area contributed by atoms with E-state index < -0.39 is 5.54 Å². The highest BCUT2D eigenvalue weighted by molar-refractivity contribution is 9.10. The Bertz CT molecular complexity index is 581. The summed E-state index contributed by atoms with van der Waals surface area (Å²) in [4.78, 5) is 4.37. The summed E-state index contributed by atoms with van der Waals surface area (Å²) in [5, 5.41) is 3.95. The monoisotopic (exact) mass is 325 g/mol. The van der Waals surface area contributed by atoms with E-state index in [0.29, 0.717) is 18.3 Å². The molecule has 5 nitrogen and oxygen atoms in total. The lowest BCUT2D eigenvalue weighted by atomic mass is 10.1. The van der Waals surface area contributed by atoms with Gasteiger partial charge in [0.05, 0.1) is 6.61 Å². The maximum atomic E-state index is 6.09. The van der Waals surface area contributed by atoms with Crippen molar-refractivity contribution in [3.63, 3.8) is 0 Å². The molecule has 6 heteroatoms. The molecule has 0 aliphatic carbocycles. The smallest absolute Gasteiger partial charge is 0.258 e. The van der Waals surface area contributed by atoms with Gasteiger partial charge in [0.25, 0.3) is 5.89 Å². The third-order valence-corrected chi connectivity index (χ3v) is 3.30. The normalized spacial score (nSPS) is 14.4. The minimum atomic E-state index is -0.767. The number of hydrogen-bond donors (Lipinski definition) is 1. The summed E-state index contributed by atoms with van der Waals surface area (Å²) in [6.07, 6.45) is 0. The number of benzene rings is 1. The first-order chi connectivity index (χ1) is 8.94. The molecule has 1 unspecified atom stereocenters. The van der Waals surface area contributed by atoms with Crippen LogP contribution in [0.25, 0.3) is 11.5 Å². The minimum absolute atomic E-state index is 0.323. The van der Waals surface area contributed by atoms with E-state index in [-0.39, 0.29) is 0 Å². The van der Waals surface area contributed by atoms with E-state index in [1.54, 1.807) is 14.0 Å². The molecule has 0 saturated heterocycles. The molecule has 0 aliphatic rings. The molecule has 1 aromatic heterocycles. The predicted octanol–water partition coefficient (Wildman–Crippen LogP) is 2.63. The summed E-state index contributed by atoms with van der Waals surface area (Å²) in [7, 11) is 1.59. The van der Waals surface area contributed by atoms with Crippen LogP contribution < -0.4 is 5.73 Å². The maximum absolute atomic E-state index is 6.09. The van der Waals surface area contributed by atoms with Crippen molar-refractivity contribution in [2.75, 3.05) is 13.7 Å². The van der Waals surface area contributed by atoms with Crippen LogP contribution in [0.15, 0.2) is 27.2 Å². The maximum Gasteiger partial charge on any atom is 0.258 e. The first-order valence-electron chi connectivity index (χ1n) is 5.82. The van der Waals surface area contributed by atoms with Crippen LogP contribution in [0.5, 0.6) is 0 Å². The van der Waals surface area contributed by atoms with E-state index in [2.05, 4.69) is 26.1 Å². The first-order valence-corrected chi connectivity index (χ1v) is 6.62. The van der Waals surface area contributed by atoms with Gasteiger partial charge in [-0.3, -0.25) is 0 Å². The van der Waals surface area contributed by atoms with Gasteiger partial charge < -0.3 is 15.0 Å². The lowest BCUT2D eigenvalue weighted by Crippen LogP contribution is -2.38. The van der Waals surface area contributed by atoms with E-state index in [9.17, 15) is 0 Å². The molecule has 1 atom stereocenters. The molecular formula is C13H16BrN3O2. The van der Waals surface area contributed by atoms with Crippen LogP contribution in [0.3, 0.4) is 0 Å². The van der Waals surface area contributed by atoms with E-state index in [0.717, 1.165) is 15.6 Å². The Balaban J connectivity index is 2.38. The van der Waals surface area contributed by atoms with Crippen molar-refractivity contribution in [3.05, 3.63) is 34.1 Å². The molecule has 1 aromatic carbocycles. The van der Waals surface area contributed by atoms with Gasteiger partial charge in [-0.15, -0.1) is 0 Å². The number of methoxy groups -OCH3 is 1. The number of aromatic nitrogens is 2. The number of aryl methyl sites for hydroxylation is 1. The molecule has 0 bridgehead atoms.